The molecule has 2 heterocycles. The van der Waals surface area contributed by atoms with E-state index in [2.05, 4.69) is 15.4 Å². The van der Waals surface area contributed by atoms with E-state index in [1.807, 2.05) is 14.0 Å². The number of aromatic nitrogens is 4. The molecule has 0 amide bonds. The second-order valence-corrected chi connectivity index (χ2v) is 4.50. The Labute approximate surface area is 115 Å². The van der Waals surface area contributed by atoms with Crippen LogP contribution in [0, 0.1) is 6.92 Å². The molecule has 0 aromatic carbocycles. The zero-order valence-electron chi connectivity index (χ0n) is 11.7. The molecule has 0 saturated carbocycles. The summed E-state index contributed by atoms with van der Waals surface area (Å²) in [5, 5.41) is 7.10. The summed E-state index contributed by atoms with van der Waals surface area (Å²) in [5.74, 6) is 0.141. The van der Waals surface area contributed by atoms with Gasteiger partial charge < -0.3 is 11.1 Å². The van der Waals surface area contributed by atoms with Gasteiger partial charge in [0.05, 0.1) is 6.20 Å². The van der Waals surface area contributed by atoms with E-state index >= 15 is 0 Å². The highest BCUT2D eigenvalue weighted by Gasteiger charge is 2.12. The van der Waals surface area contributed by atoms with E-state index in [0.29, 0.717) is 13.1 Å². The van der Waals surface area contributed by atoms with E-state index in [1.165, 1.54) is 4.57 Å². The van der Waals surface area contributed by atoms with E-state index in [0.717, 1.165) is 11.3 Å². The minimum absolute atomic E-state index is 0.141. The molecule has 0 fully saturated rings. The Morgan fingerprint density at radius 3 is 2.70 bits per heavy atom. The molecule has 8 heteroatoms. The first-order valence-electron chi connectivity index (χ1n) is 6.29. The van der Waals surface area contributed by atoms with Crippen LogP contribution in [0.1, 0.15) is 18.2 Å². The minimum Gasteiger partial charge on any atom is -0.383 e. The van der Waals surface area contributed by atoms with Crippen molar-refractivity contribution in [3.8, 4) is 0 Å². The van der Waals surface area contributed by atoms with E-state index in [-0.39, 0.29) is 11.5 Å². The second kappa shape index (κ2) is 5.24. The van der Waals surface area contributed by atoms with Gasteiger partial charge in [-0.1, -0.05) is 0 Å². The van der Waals surface area contributed by atoms with Crippen LogP contribution < -0.4 is 22.3 Å². The normalized spacial score (nSPS) is 10.8. The lowest BCUT2D eigenvalue weighted by molar-refractivity contribution is 0.706. The highest BCUT2D eigenvalue weighted by molar-refractivity contribution is 5.60. The molecule has 2 aromatic heterocycles. The maximum atomic E-state index is 11.8. The molecule has 0 atom stereocenters. The van der Waals surface area contributed by atoms with Crippen molar-refractivity contribution in [2.75, 3.05) is 11.1 Å². The average Bonchev–Trinajstić information content (AvgIpc) is 2.70. The molecule has 2 aromatic rings. The van der Waals surface area contributed by atoms with E-state index < -0.39 is 11.2 Å². The average molecular weight is 278 g/mol. The van der Waals surface area contributed by atoms with Gasteiger partial charge in [0.25, 0.3) is 5.56 Å². The predicted molar refractivity (Wildman–Crippen MR) is 76.7 cm³/mol. The number of hydrogen-bond acceptors (Lipinski definition) is 5. The third-order valence-electron chi connectivity index (χ3n) is 3.35. The molecule has 20 heavy (non-hydrogen) atoms. The summed E-state index contributed by atoms with van der Waals surface area (Å²) in [6.07, 6.45) is 1.72. The van der Waals surface area contributed by atoms with Gasteiger partial charge in [-0.25, -0.2) is 4.79 Å². The molecule has 2 rings (SSSR count). The summed E-state index contributed by atoms with van der Waals surface area (Å²) < 4.78 is 3.05. The number of aromatic amines is 1. The van der Waals surface area contributed by atoms with Crippen molar-refractivity contribution in [1.29, 1.82) is 0 Å². The van der Waals surface area contributed by atoms with Crippen molar-refractivity contribution in [1.82, 2.24) is 19.3 Å². The molecule has 108 valence electrons. The first kappa shape index (κ1) is 13.9. The summed E-state index contributed by atoms with van der Waals surface area (Å²) in [6, 6.07) is 0. The number of anilines is 2. The van der Waals surface area contributed by atoms with Gasteiger partial charge in [-0.2, -0.15) is 5.10 Å². The number of nitrogens with two attached hydrogens (primary N) is 1. The van der Waals surface area contributed by atoms with Crippen LogP contribution in [-0.4, -0.2) is 19.3 Å². The maximum Gasteiger partial charge on any atom is 0.330 e. The van der Waals surface area contributed by atoms with Crippen LogP contribution in [0.2, 0.25) is 0 Å². The molecule has 4 N–H and O–H groups in total. The Morgan fingerprint density at radius 2 is 2.15 bits per heavy atom. The largest absolute Gasteiger partial charge is 0.383 e. The summed E-state index contributed by atoms with van der Waals surface area (Å²) in [7, 11) is 1.84. The van der Waals surface area contributed by atoms with Crippen molar-refractivity contribution in [2.24, 2.45) is 7.05 Å². The summed E-state index contributed by atoms with van der Waals surface area (Å²) in [6.45, 7) is 4.52. The number of hydrogen-bond donors (Lipinski definition) is 3. The first-order chi connectivity index (χ1) is 9.45. The Bertz CT molecular complexity index is 739. The number of rotatable bonds is 4. The quantitative estimate of drug-likeness (QED) is 0.717. The Balaban J connectivity index is 2.33. The second-order valence-electron chi connectivity index (χ2n) is 4.50. The maximum absolute atomic E-state index is 11.8. The lowest BCUT2D eigenvalue weighted by Crippen LogP contribution is -2.33. The van der Waals surface area contributed by atoms with Crippen LogP contribution in [0.25, 0.3) is 0 Å². The van der Waals surface area contributed by atoms with E-state index in [9.17, 15) is 9.59 Å². The smallest absolute Gasteiger partial charge is 0.330 e. The Hall–Kier alpha value is -2.51. The van der Waals surface area contributed by atoms with Gasteiger partial charge in [0.15, 0.2) is 0 Å². The highest BCUT2D eigenvalue weighted by Crippen LogP contribution is 2.13. The van der Waals surface area contributed by atoms with Crippen LogP contribution in [-0.2, 0) is 20.1 Å². The third kappa shape index (κ3) is 2.31. The topological polar surface area (TPSA) is 111 Å². The van der Waals surface area contributed by atoms with E-state index in [4.69, 9.17) is 5.73 Å². The van der Waals surface area contributed by atoms with Crippen molar-refractivity contribution in [2.45, 2.75) is 26.9 Å². The Morgan fingerprint density at radius 1 is 1.45 bits per heavy atom. The number of aryl methyl sites for hydroxylation is 1. The molecule has 0 unspecified atom stereocenters. The summed E-state index contributed by atoms with van der Waals surface area (Å²) in [5.41, 5.74) is 7.00. The third-order valence-corrected chi connectivity index (χ3v) is 3.35. The van der Waals surface area contributed by atoms with E-state index in [1.54, 1.807) is 17.8 Å². The standard InChI is InChI=1S/C12H18N6O2/c1-4-18-10(13)9(11(19)16-12(18)20)14-5-8-6-15-17(3)7(8)2/h6,14H,4-5,13H2,1-3H3,(H,16,19,20). The number of nitrogens with zero attached hydrogens (tertiary/aromatic N) is 3. The molecule has 0 aliphatic rings. The minimum atomic E-state index is -0.515. The van der Waals surface area contributed by atoms with Gasteiger partial charge in [-0.15, -0.1) is 0 Å². The predicted octanol–water partition coefficient (Wildman–Crippen LogP) is -0.207. The summed E-state index contributed by atoms with van der Waals surface area (Å²) >= 11 is 0. The lowest BCUT2D eigenvalue weighted by Gasteiger charge is -2.12. The molecule has 0 aliphatic heterocycles. The fraction of sp³-hybridized carbons (Fsp3) is 0.417. The molecule has 0 radical (unpaired) electrons. The highest BCUT2D eigenvalue weighted by atomic mass is 16.2. The fourth-order valence-electron chi connectivity index (χ4n) is 1.97. The van der Waals surface area contributed by atoms with Crippen molar-refractivity contribution in [3.63, 3.8) is 0 Å². The first-order valence-corrected chi connectivity index (χ1v) is 6.29. The van der Waals surface area contributed by atoms with Gasteiger partial charge in [-0.05, 0) is 13.8 Å². The zero-order valence-corrected chi connectivity index (χ0v) is 11.7. The summed E-state index contributed by atoms with van der Waals surface area (Å²) in [4.78, 5) is 25.6. The van der Waals surface area contributed by atoms with Crippen LogP contribution in [0.3, 0.4) is 0 Å². The van der Waals surface area contributed by atoms with Gasteiger partial charge in [0.1, 0.15) is 11.5 Å². The molecule has 0 spiro atoms. The number of H-pyrrole nitrogens is 1. The van der Waals surface area contributed by atoms with Crippen molar-refractivity contribution >= 4 is 11.5 Å². The van der Waals surface area contributed by atoms with Gasteiger partial charge in [-0.3, -0.25) is 19.0 Å². The van der Waals surface area contributed by atoms with Crippen molar-refractivity contribution < 1.29 is 0 Å². The van der Waals surface area contributed by atoms with Crippen LogP contribution in [0.5, 0.6) is 0 Å². The van der Waals surface area contributed by atoms with Gasteiger partial charge in [0, 0.05) is 31.4 Å². The number of nitrogen functional groups attached to an aromatic ring is 1. The lowest BCUT2D eigenvalue weighted by atomic mass is 10.2. The van der Waals surface area contributed by atoms with Crippen LogP contribution in [0.4, 0.5) is 11.5 Å². The molecule has 0 bridgehead atoms. The molecular formula is C12H18N6O2. The monoisotopic (exact) mass is 278 g/mol. The van der Waals surface area contributed by atoms with Gasteiger partial charge >= 0.3 is 5.69 Å². The van der Waals surface area contributed by atoms with Crippen LogP contribution in [0.15, 0.2) is 15.8 Å². The fourth-order valence-corrected chi connectivity index (χ4v) is 1.97. The van der Waals surface area contributed by atoms with Gasteiger partial charge in [0.2, 0.25) is 0 Å². The molecular weight excluding hydrogens is 260 g/mol. The van der Waals surface area contributed by atoms with Crippen molar-refractivity contribution in [3.05, 3.63) is 38.3 Å². The van der Waals surface area contributed by atoms with Crippen LogP contribution >= 0.6 is 0 Å². The molecule has 0 aliphatic carbocycles. The SMILES string of the molecule is CCn1c(N)c(NCc2cnn(C)c2C)c(=O)[nH]c1=O. The Kier molecular flexibility index (Phi) is 3.64. The number of nitrogens with one attached hydrogen (secondary N) is 2. The zero-order chi connectivity index (χ0) is 14.9. The molecule has 0 saturated heterocycles. The molecule has 8 nitrogen and oxygen atoms in total.